The summed E-state index contributed by atoms with van der Waals surface area (Å²) in [6.45, 7) is 7.33. The number of nitriles is 1. The maximum absolute atomic E-state index is 14.6. The van der Waals surface area contributed by atoms with Crippen LogP contribution in [0.1, 0.15) is 68.6 Å². The van der Waals surface area contributed by atoms with Crippen molar-refractivity contribution in [2.75, 3.05) is 12.4 Å². The van der Waals surface area contributed by atoms with Crippen LogP contribution >= 0.6 is 11.6 Å². The molecule has 0 amide bonds. The number of alkyl halides is 2. The highest BCUT2D eigenvalue weighted by Crippen LogP contribution is 2.50. The molecule has 1 saturated carbocycles. The van der Waals surface area contributed by atoms with Crippen LogP contribution in [0, 0.1) is 24.1 Å². The average Bonchev–Trinajstić information content (AvgIpc) is 3.62. The van der Waals surface area contributed by atoms with Gasteiger partial charge in [-0.25, -0.2) is 28.1 Å². The van der Waals surface area contributed by atoms with Gasteiger partial charge in [0.15, 0.2) is 5.65 Å². The number of aryl methyl sites for hydroxylation is 1. The maximum Gasteiger partial charge on any atom is 0.266 e. The highest BCUT2D eigenvalue weighted by atomic mass is 35.5. The predicted octanol–water partition coefficient (Wildman–Crippen LogP) is 6.43. The quantitative estimate of drug-likeness (QED) is 0.398. The third-order valence-corrected chi connectivity index (χ3v) is 5.63. The number of aliphatic hydroxyl groups is 1. The molecule has 182 valence electrons. The number of rotatable bonds is 5. The molecule has 3 aromatic rings. The van der Waals surface area contributed by atoms with E-state index in [1.165, 1.54) is 12.1 Å². The molecule has 0 radical (unpaired) electrons. The summed E-state index contributed by atoms with van der Waals surface area (Å²) in [5.74, 6) is -0.173. The highest BCUT2D eigenvalue weighted by molar-refractivity contribution is 6.30. The molecule has 1 fully saturated rings. The Morgan fingerprint density at radius 3 is 2.32 bits per heavy atom. The molecule has 1 aliphatic rings. The number of pyridine rings is 1. The predicted molar refractivity (Wildman–Crippen MR) is 126 cm³/mol. The normalized spacial score (nSPS) is 14.3. The number of nitrogens with zero attached hydrogens (tertiary/aromatic N) is 4. The van der Waals surface area contributed by atoms with E-state index in [-0.39, 0.29) is 10.7 Å². The van der Waals surface area contributed by atoms with Crippen molar-refractivity contribution in [3.05, 3.63) is 57.8 Å². The molecular weight excluding hydrogens is 467 g/mol. The summed E-state index contributed by atoms with van der Waals surface area (Å²) in [6, 6.07) is 7.27. The molecule has 1 aliphatic carbocycles. The van der Waals surface area contributed by atoms with Crippen LogP contribution in [0.2, 0.25) is 5.15 Å². The van der Waals surface area contributed by atoms with Gasteiger partial charge in [-0.05, 0) is 32.8 Å². The van der Waals surface area contributed by atoms with E-state index < -0.39 is 29.3 Å². The van der Waals surface area contributed by atoms with E-state index in [2.05, 4.69) is 26.3 Å². The van der Waals surface area contributed by atoms with Gasteiger partial charge >= 0.3 is 0 Å². The van der Waals surface area contributed by atoms with Crippen molar-refractivity contribution in [2.45, 2.75) is 58.4 Å². The van der Waals surface area contributed by atoms with E-state index >= 15 is 0 Å². The van der Waals surface area contributed by atoms with E-state index in [1.54, 1.807) is 19.9 Å². The number of halogens is 4. The molecule has 6 nitrogen and oxygen atoms in total. The molecule has 0 saturated heterocycles. The standard InChI is InChI=1S/C21H17ClF3N5.C2H6.CH4O/c1-10(12-4-3-5-13(16(12)23)18(24)25)27-19-14-8-15(21(9-26)6-7-21)17(22)30-20(14)29-11(2)28-19;2*1-2/h3-5,8,10,18H,6-7H2,1-2H3,(H,27,28,29,30);1-2H3;2H,1H3/t10-;;/m1../s1. The Kier molecular flexibility index (Phi) is 9.19. The lowest BCUT2D eigenvalue weighted by molar-refractivity contribution is 0.146. The molecule has 2 aromatic heterocycles. The lowest BCUT2D eigenvalue weighted by atomic mass is 9.98. The van der Waals surface area contributed by atoms with E-state index in [1.807, 2.05) is 13.8 Å². The second kappa shape index (κ2) is 11.4. The third-order valence-electron chi connectivity index (χ3n) is 5.35. The fourth-order valence-corrected chi connectivity index (χ4v) is 3.82. The summed E-state index contributed by atoms with van der Waals surface area (Å²) in [5.41, 5.74) is -0.279. The number of hydrogen-bond donors (Lipinski definition) is 2. The van der Waals surface area contributed by atoms with Gasteiger partial charge in [-0.2, -0.15) is 5.26 Å². The van der Waals surface area contributed by atoms with Crippen LogP contribution in [0.4, 0.5) is 19.0 Å². The van der Waals surface area contributed by atoms with Crippen LogP contribution in [0.5, 0.6) is 0 Å². The number of aromatic nitrogens is 3. The summed E-state index contributed by atoms with van der Waals surface area (Å²) in [4.78, 5) is 13.0. The monoisotopic (exact) mass is 493 g/mol. The Labute approximate surface area is 201 Å². The molecular formula is C24H27ClF3N5O. The first kappa shape index (κ1) is 27.3. The van der Waals surface area contributed by atoms with Crippen molar-refractivity contribution in [2.24, 2.45) is 0 Å². The number of fused-ring (bicyclic) bond motifs is 1. The van der Waals surface area contributed by atoms with Gasteiger partial charge in [-0.15, -0.1) is 0 Å². The van der Waals surface area contributed by atoms with Gasteiger partial charge < -0.3 is 10.4 Å². The van der Waals surface area contributed by atoms with Gasteiger partial charge in [0.2, 0.25) is 0 Å². The number of nitrogens with one attached hydrogen (secondary N) is 1. The van der Waals surface area contributed by atoms with Crippen LogP contribution < -0.4 is 5.32 Å². The molecule has 0 spiro atoms. The Balaban J connectivity index is 0.000000970. The summed E-state index contributed by atoms with van der Waals surface area (Å²) in [5, 5.41) is 20.4. The lowest BCUT2D eigenvalue weighted by Crippen LogP contribution is -2.13. The van der Waals surface area contributed by atoms with Gasteiger partial charge in [0.25, 0.3) is 6.43 Å². The van der Waals surface area contributed by atoms with Crippen LogP contribution in [0.3, 0.4) is 0 Å². The van der Waals surface area contributed by atoms with Gasteiger partial charge in [-0.1, -0.05) is 43.6 Å². The van der Waals surface area contributed by atoms with Crippen molar-refractivity contribution in [1.82, 2.24) is 15.0 Å². The topological polar surface area (TPSA) is 94.7 Å². The van der Waals surface area contributed by atoms with Gasteiger partial charge in [-0.3, -0.25) is 0 Å². The first-order valence-electron chi connectivity index (χ1n) is 10.8. The third kappa shape index (κ3) is 5.40. The zero-order chi connectivity index (χ0) is 25.6. The van der Waals surface area contributed by atoms with Crippen LogP contribution in [0.25, 0.3) is 11.0 Å². The van der Waals surface area contributed by atoms with Crippen molar-refractivity contribution in [1.29, 1.82) is 5.26 Å². The second-order valence-corrected chi connectivity index (χ2v) is 7.79. The Bertz CT molecular complexity index is 1200. The number of anilines is 1. The molecule has 1 atom stereocenters. The lowest BCUT2D eigenvalue weighted by Gasteiger charge is -2.19. The fourth-order valence-electron chi connectivity index (χ4n) is 3.51. The first-order valence-corrected chi connectivity index (χ1v) is 11.2. The zero-order valence-corrected chi connectivity index (χ0v) is 20.4. The average molecular weight is 494 g/mol. The van der Waals surface area contributed by atoms with Gasteiger partial charge in [0.1, 0.15) is 22.6 Å². The number of aliphatic hydroxyl groups excluding tert-OH is 1. The molecule has 10 heteroatoms. The van der Waals surface area contributed by atoms with E-state index in [0.717, 1.165) is 13.2 Å². The van der Waals surface area contributed by atoms with E-state index in [0.29, 0.717) is 41.1 Å². The minimum absolute atomic E-state index is 0.0926. The molecule has 0 aliphatic heterocycles. The molecule has 2 heterocycles. The van der Waals surface area contributed by atoms with Crippen molar-refractivity contribution >= 4 is 28.5 Å². The summed E-state index contributed by atoms with van der Waals surface area (Å²) in [7, 11) is 1.00. The SMILES string of the molecule is CC.CO.Cc1nc(N[C@H](C)c2cccc(C(F)F)c2F)c2cc(C3(C#N)CC3)c(Cl)nc2n1. The highest BCUT2D eigenvalue weighted by Gasteiger charge is 2.47. The van der Waals surface area contributed by atoms with Crippen LogP contribution in [-0.4, -0.2) is 27.2 Å². The smallest absolute Gasteiger partial charge is 0.266 e. The summed E-state index contributed by atoms with van der Waals surface area (Å²) >= 11 is 6.32. The summed E-state index contributed by atoms with van der Waals surface area (Å²) < 4.78 is 40.7. The largest absolute Gasteiger partial charge is 0.400 e. The minimum Gasteiger partial charge on any atom is -0.400 e. The molecule has 0 bridgehead atoms. The first-order chi connectivity index (χ1) is 16.3. The summed E-state index contributed by atoms with van der Waals surface area (Å²) in [6.07, 6.45) is -1.53. The minimum atomic E-state index is -2.91. The Morgan fingerprint density at radius 1 is 1.15 bits per heavy atom. The van der Waals surface area contributed by atoms with E-state index in [4.69, 9.17) is 16.7 Å². The van der Waals surface area contributed by atoms with Crippen LogP contribution in [0.15, 0.2) is 24.3 Å². The second-order valence-electron chi connectivity index (χ2n) is 7.43. The zero-order valence-electron chi connectivity index (χ0n) is 19.6. The fraction of sp³-hybridized carbons (Fsp3) is 0.417. The molecule has 1 aromatic carbocycles. The van der Waals surface area contributed by atoms with Crippen molar-refractivity contribution < 1.29 is 18.3 Å². The Hall–Kier alpha value is -2.96. The molecule has 4 rings (SSSR count). The molecule has 0 unspecified atom stereocenters. The number of hydrogen-bond acceptors (Lipinski definition) is 6. The number of benzene rings is 1. The molecule has 2 N–H and O–H groups in total. The van der Waals surface area contributed by atoms with E-state index in [9.17, 15) is 18.4 Å². The van der Waals surface area contributed by atoms with Crippen LogP contribution in [-0.2, 0) is 5.41 Å². The molecule has 34 heavy (non-hydrogen) atoms. The maximum atomic E-state index is 14.6. The van der Waals surface area contributed by atoms with Gasteiger partial charge in [0.05, 0.1) is 28.5 Å². The van der Waals surface area contributed by atoms with Crippen molar-refractivity contribution in [3.63, 3.8) is 0 Å². The van der Waals surface area contributed by atoms with Gasteiger partial charge in [0, 0.05) is 18.2 Å². The Morgan fingerprint density at radius 2 is 1.76 bits per heavy atom. The van der Waals surface area contributed by atoms with Crippen molar-refractivity contribution in [3.8, 4) is 6.07 Å².